The quantitative estimate of drug-likeness (QED) is 0.848. The largest absolute Gasteiger partial charge is 0.459 e. The SMILES string of the molecule is Cc1ccc(-c2nc(C)c(C(=O)NCC(C)CN3CCCCC3)s2)o1. The molecule has 1 fully saturated rings. The van der Waals surface area contributed by atoms with Crippen molar-refractivity contribution < 1.29 is 9.21 Å². The fourth-order valence-corrected chi connectivity index (χ4v) is 4.20. The molecule has 1 unspecified atom stereocenters. The summed E-state index contributed by atoms with van der Waals surface area (Å²) in [6, 6.07) is 3.81. The number of piperidine rings is 1. The fourth-order valence-electron chi connectivity index (χ4n) is 3.26. The van der Waals surface area contributed by atoms with Crippen LogP contribution in [0.1, 0.15) is 47.3 Å². The van der Waals surface area contributed by atoms with E-state index in [1.54, 1.807) is 0 Å². The molecule has 3 heterocycles. The number of hydrogen-bond donors (Lipinski definition) is 1. The van der Waals surface area contributed by atoms with Gasteiger partial charge in [-0.15, -0.1) is 11.3 Å². The molecule has 0 bridgehead atoms. The zero-order chi connectivity index (χ0) is 17.8. The lowest BCUT2D eigenvalue weighted by atomic mass is 10.1. The highest BCUT2D eigenvalue weighted by atomic mass is 32.1. The Morgan fingerprint density at radius 3 is 2.76 bits per heavy atom. The maximum Gasteiger partial charge on any atom is 0.263 e. The highest BCUT2D eigenvalue weighted by Gasteiger charge is 2.19. The number of nitrogens with one attached hydrogen (secondary N) is 1. The van der Waals surface area contributed by atoms with E-state index in [1.807, 2.05) is 26.0 Å². The molecular formula is C19H27N3O2S. The Morgan fingerprint density at radius 2 is 2.08 bits per heavy atom. The van der Waals surface area contributed by atoms with E-state index in [9.17, 15) is 4.79 Å². The van der Waals surface area contributed by atoms with Gasteiger partial charge in [-0.2, -0.15) is 0 Å². The lowest BCUT2D eigenvalue weighted by Crippen LogP contribution is -2.38. The number of aromatic nitrogens is 1. The average Bonchev–Trinajstić information content (AvgIpc) is 3.19. The summed E-state index contributed by atoms with van der Waals surface area (Å²) in [6.45, 7) is 10.1. The van der Waals surface area contributed by atoms with E-state index in [4.69, 9.17) is 4.42 Å². The number of aryl methyl sites for hydroxylation is 2. The highest BCUT2D eigenvalue weighted by Crippen LogP contribution is 2.29. The van der Waals surface area contributed by atoms with E-state index < -0.39 is 0 Å². The van der Waals surface area contributed by atoms with E-state index in [0.29, 0.717) is 17.3 Å². The minimum absolute atomic E-state index is 0.0324. The van der Waals surface area contributed by atoms with Crippen LogP contribution in [0.5, 0.6) is 0 Å². The van der Waals surface area contributed by atoms with Gasteiger partial charge in [-0.05, 0) is 57.8 Å². The first kappa shape index (κ1) is 18.1. The molecule has 1 amide bonds. The van der Waals surface area contributed by atoms with Gasteiger partial charge in [-0.1, -0.05) is 13.3 Å². The third-order valence-electron chi connectivity index (χ3n) is 4.58. The summed E-state index contributed by atoms with van der Waals surface area (Å²) in [5.74, 6) is 1.99. The lowest BCUT2D eigenvalue weighted by molar-refractivity contribution is 0.0946. The molecule has 0 spiro atoms. The van der Waals surface area contributed by atoms with E-state index in [-0.39, 0.29) is 5.91 Å². The van der Waals surface area contributed by atoms with Crippen LogP contribution in [0, 0.1) is 19.8 Å². The number of furan rings is 1. The summed E-state index contributed by atoms with van der Waals surface area (Å²) >= 11 is 1.39. The van der Waals surface area contributed by atoms with Crippen molar-refractivity contribution in [2.45, 2.75) is 40.0 Å². The Balaban J connectivity index is 1.55. The second-order valence-electron chi connectivity index (χ2n) is 7.02. The molecule has 1 atom stereocenters. The van der Waals surface area contributed by atoms with Gasteiger partial charge in [-0.3, -0.25) is 4.79 Å². The van der Waals surface area contributed by atoms with Crippen LogP contribution >= 0.6 is 11.3 Å². The topological polar surface area (TPSA) is 58.4 Å². The van der Waals surface area contributed by atoms with Gasteiger partial charge in [-0.25, -0.2) is 4.98 Å². The van der Waals surface area contributed by atoms with Crippen molar-refractivity contribution in [3.63, 3.8) is 0 Å². The summed E-state index contributed by atoms with van der Waals surface area (Å²) in [6.07, 6.45) is 3.95. The zero-order valence-electron chi connectivity index (χ0n) is 15.3. The van der Waals surface area contributed by atoms with E-state index in [2.05, 4.69) is 22.1 Å². The molecule has 3 rings (SSSR count). The van der Waals surface area contributed by atoms with Crippen LogP contribution in [0.15, 0.2) is 16.5 Å². The number of nitrogens with zero attached hydrogens (tertiary/aromatic N) is 2. The molecule has 2 aromatic rings. The lowest BCUT2D eigenvalue weighted by Gasteiger charge is -2.29. The molecule has 136 valence electrons. The van der Waals surface area contributed by atoms with Crippen molar-refractivity contribution in [2.24, 2.45) is 5.92 Å². The number of rotatable bonds is 6. The first-order valence-electron chi connectivity index (χ1n) is 9.07. The van der Waals surface area contributed by atoms with Crippen molar-refractivity contribution >= 4 is 17.2 Å². The van der Waals surface area contributed by atoms with Gasteiger partial charge < -0.3 is 14.6 Å². The third-order valence-corrected chi connectivity index (χ3v) is 5.75. The van der Waals surface area contributed by atoms with Crippen LogP contribution in [0.2, 0.25) is 0 Å². The normalized spacial score (nSPS) is 16.8. The van der Waals surface area contributed by atoms with Gasteiger partial charge in [0.05, 0.1) is 5.69 Å². The van der Waals surface area contributed by atoms with Crippen molar-refractivity contribution in [1.29, 1.82) is 0 Å². The number of carbonyl (C=O) groups is 1. The maximum absolute atomic E-state index is 12.5. The predicted octanol–water partition coefficient (Wildman–Crippen LogP) is 3.87. The van der Waals surface area contributed by atoms with Crippen LogP contribution in [0.4, 0.5) is 0 Å². The molecule has 2 aromatic heterocycles. The van der Waals surface area contributed by atoms with Crippen molar-refractivity contribution in [3.05, 3.63) is 28.5 Å². The number of hydrogen-bond acceptors (Lipinski definition) is 5. The fraction of sp³-hybridized carbons (Fsp3) is 0.579. The van der Waals surface area contributed by atoms with Gasteiger partial charge >= 0.3 is 0 Å². The monoisotopic (exact) mass is 361 g/mol. The van der Waals surface area contributed by atoms with E-state index >= 15 is 0 Å². The van der Waals surface area contributed by atoms with Gasteiger partial charge in [0.25, 0.3) is 5.91 Å². The molecule has 5 nitrogen and oxygen atoms in total. The number of carbonyl (C=O) groups excluding carboxylic acids is 1. The standard InChI is InChI=1S/C19H27N3O2S/c1-13(12-22-9-5-4-6-10-22)11-20-18(23)17-15(3)21-19(25-17)16-8-7-14(2)24-16/h7-8,13H,4-6,9-12H2,1-3H3,(H,20,23). The van der Waals surface area contributed by atoms with Crippen LogP contribution in [0.3, 0.4) is 0 Å². The Kier molecular flexibility index (Phi) is 5.91. The molecular weight excluding hydrogens is 334 g/mol. The van der Waals surface area contributed by atoms with Gasteiger partial charge in [0, 0.05) is 13.1 Å². The highest BCUT2D eigenvalue weighted by molar-refractivity contribution is 7.17. The van der Waals surface area contributed by atoms with Crippen LogP contribution in [-0.2, 0) is 0 Å². The molecule has 0 saturated carbocycles. The molecule has 1 aliphatic heterocycles. The second-order valence-corrected chi connectivity index (χ2v) is 8.02. The molecule has 1 aliphatic rings. The van der Waals surface area contributed by atoms with Crippen molar-refractivity contribution in [2.75, 3.05) is 26.2 Å². The van der Waals surface area contributed by atoms with Gasteiger partial charge in [0.15, 0.2) is 10.8 Å². The first-order valence-corrected chi connectivity index (χ1v) is 9.89. The Morgan fingerprint density at radius 1 is 1.32 bits per heavy atom. The number of amides is 1. The summed E-state index contributed by atoms with van der Waals surface area (Å²) < 4.78 is 5.61. The van der Waals surface area contributed by atoms with Crippen molar-refractivity contribution in [3.8, 4) is 10.8 Å². The summed E-state index contributed by atoms with van der Waals surface area (Å²) in [7, 11) is 0. The van der Waals surface area contributed by atoms with E-state index in [0.717, 1.165) is 28.8 Å². The molecule has 0 aliphatic carbocycles. The zero-order valence-corrected chi connectivity index (χ0v) is 16.1. The number of thiazole rings is 1. The van der Waals surface area contributed by atoms with Crippen LogP contribution in [-0.4, -0.2) is 42.0 Å². The molecule has 1 N–H and O–H groups in total. The van der Waals surface area contributed by atoms with E-state index in [1.165, 1.54) is 43.7 Å². The second kappa shape index (κ2) is 8.15. The Hall–Kier alpha value is -1.66. The molecule has 6 heteroatoms. The smallest absolute Gasteiger partial charge is 0.263 e. The first-order chi connectivity index (χ1) is 12.0. The molecule has 25 heavy (non-hydrogen) atoms. The minimum Gasteiger partial charge on any atom is -0.459 e. The Labute approximate surface area is 153 Å². The summed E-state index contributed by atoms with van der Waals surface area (Å²) in [4.78, 5) is 20.2. The molecule has 0 aromatic carbocycles. The van der Waals surface area contributed by atoms with Gasteiger partial charge in [0.1, 0.15) is 10.6 Å². The molecule has 1 saturated heterocycles. The van der Waals surface area contributed by atoms with Crippen LogP contribution in [0.25, 0.3) is 10.8 Å². The van der Waals surface area contributed by atoms with Crippen LogP contribution < -0.4 is 5.32 Å². The third kappa shape index (κ3) is 4.70. The predicted molar refractivity (Wildman–Crippen MR) is 101 cm³/mol. The minimum atomic E-state index is -0.0324. The summed E-state index contributed by atoms with van der Waals surface area (Å²) in [5.41, 5.74) is 0.759. The maximum atomic E-state index is 12.5. The Bertz CT molecular complexity index is 716. The van der Waals surface area contributed by atoms with Crippen molar-refractivity contribution in [1.82, 2.24) is 15.2 Å². The number of likely N-dealkylation sites (tertiary alicyclic amines) is 1. The average molecular weight is 362 g/mol. The molecule has 0 radical (unpaired) electrons. The van der Waals surface area contributed by atoms with Gasteiger partial charge in [0.2, 0.25) is 0 Å². The summed E-state index contributed by atoms with van der Waals surface area (Å²) in [5, 5.41) is 3.83.